The van der Waals surface area contributed by atoms with Crippen molar-refractivity contribution in [3.8, 4) is 0 Å². The molecule has 0 saturated carbocycles. The van der Waals surface area contributed by atoms with Gasteiger partial charge in [0.05, 0.1) is 16.2 Å². The van der Waals surface area contributed by atoms with E-state index in [1.54, 1.807) is 13.8 Å². The van der Waals surface area contributed by atoms with Gasteiger partial charge in [-0.3, -0.25) is 19.7 Å². The van der Waals surface area contributed by atoms with Crippen LogP contribution in [0.15, 0.2) is 24.5 Å². The molecule has 1 atom stereocenters. The number of fused-ring (bicyclic) bond motifs is 1. The van der Waals surface area contributed by atoms with Crippen LogP contribution in [0.3, 0.4) is 0 Å². The van der Waals surface area contributed by atoms with E-state index in [1.165, 1.54) is 17.8 Å². The summed E-state index contributed by atoms with van der Waals surface area (Å²) >= 11 is 0. The number of aryl methyl sites for hydroxylation is 2. The van der Waals surface area contributed by atoms with E-state index < -0.39 is 46.0 Å². The molecular weight excluding hydrogens is 461 g/mol. The van der Waals surface area contributed by atoms with Gasteiger partial charge in [0, 0.05) is 29.9 Å². The van der Waals surface area contributed by atoms with E-state index in [-0.39, 0.29) is 12.8 Å². The van der Waals surface area contributed by atoms with Crippen molar-refractivity contribution in [3.63, 3.8) is 0 Å². The standard InChI is InChI=1S/C20H19F3N6O5/c1-10-14(11(2)28-19(26-10)24-9-25-28)5-7-17(30)34-12(3)18(31)27-16-6-4-13(29(32)33)8-15(16)20(21,22)23/h4,6,8-9,12H,5,7H2,1-3H3,(H,27,31). The number of carbonyl (C=O) groups excluding carboxylic acids is 2. The maximum Gasteiger partial charge on any atom is 0.418 e. The smallest absolute Gasteiger partial charge is 0.418 e. The number of nitrogens with zero attached hydrogens (tertiary/aromatic N) is 5. The van der Waals surface area contributed by atoms with Crippen molar-refractivity contribution >= 4 is 29.0 Å². The molecule has 0 aliphatic carbocycles. The quantitative estimate of drug-likeness (QED) is 0.309. The van der Waals surface area contributed by atoms with E-state index in [2.05, 4.69) is 15.1 Å². The number of benzene rings is 1. The van der Waals surface area contributed by atoms with Crippen LogP contribution < -0.4 is 5.32 Å². The summed E-state index contributed by atoms with van der Waals surface area (Å²) in [6, 6.07) is 1.91. The van der Waals surface area contributed by atoms with Crippen LogP contribution in [-0.2, 0) is 26.9 Å². The Balaban J connectivity index is 1.65. The van der Waals surface area contributed by atoms with Crippen molar-refractivity contribution in [1.29, 1.82) is 0 Å². The number of nitro groups is 1. The third kappa shape index (κ3) is 5.27. The molecule has 0 aliphatic heterocycles. The molecule has 0 saturated heterocycles. The number of aromatic nitrogens is 4. The Labute approximate surface area is 190 Å². The fourth-order valence-corrected chi connectivity index (χ4v) is 3.28. The molecule has 2 heterocycles. The Hall–Kier alpha value is -4.10. The first-order chi connectivity index (χ1) is 15.9. The van der Waals surface area contributed by atoms with Crippen LogP contribution in [0.25, 0.3) is 5.78 Å². The maximum absolute atomic E-state index is 13.3. The number of halogens is 3. The highest BCUT2D eigenvalue weighted by molar-refractivity contribution is 5.96. The van der Waals surface area contributed by atoms with Gasteiger partial charge in [-0.1, -0.05) is 0 Å². The molecule has 0 aliphatic rings. The summed E-state index contributed by atoms with van der Waals surface area (Å²) in [7, 11) is 0. The van der Waals surface area contributed by atoms with Gasteiger partial charge in [-0.05, 0) is 38.8 Å². The van der Waals surface area contributed by atoms with Gasteiger partial charge in [0.2, 0.25) is 0 Å². The molecule has 34 heavy (non-hydrogen) atoms. The number of nitrogens with one attached hydrogen (secondary N) is 1. The topological polar surface area (TPSA) is 142 Å². The summed E-state index contributed by atoms with van der Waals surface area (Å²) in [4.78, 5) is 42.7. The fraction of sp³-hybridized carbons (Fsp3) is 0.350. The first-order valence-corrected chi connectivity index (χ1v) is 9.90. The number of non-ortho nitro benzene ring substituents is 1. The molecule has 180 valence electrons. The summed E-state index contributed by atoms with van der Waals surface area (Å²) in [6.07, 6.45) is -4.91. The minimum atomic E-state index is -4.95. The Morgan fingerprint density at radius 2 is 2.00 bits per heavy atom. The molecule has 1 N–H and O–H groups in total. The van der Waals surface area contributed by atoms with E-state index in [9.17, 15) is 32.9 Å². The Morgan fingerprint density at radius 1 is 1.29 bits per heavy atom. The lowest BCUT2D eigenvalue weighted by Crippen LogP contribution is -2.31. The second kappa shape index (κ2) is 9.41. The number of ether oxygens (including phenoxy) is 1. The average Bonchev–Trinajstić information content (AvgIpc) is 3.21. The van der Waals surface area contributed by atoms with Crippen LogP contribution >= 0.6 is 0 Å². The van der Waals surface area contributed by atoms with Gasteiger partial charge in [-0.15, -0.1) is 0 Å². The number of nitro benzene ring substituents is 1. The molecule has 3 aromatic rings. The van der Waals surface area contributed by atoms with Crippen LogP contribution in [-0.4, -0.2) is 42.5 Å². The molecule has 0 bridgehead atoms. The molecule has 11 nitrogen and oxygen atoms in total. The van der Waals surface area contributed by atoms with Crippen LogP contribution in [0, 0.1) is 24.0 Å². The predicted octanol–water partition coefficient (Wildman–Crippen LogP) is 3.17. The molecule has 0 spiro atoms. The lowest BCUT2D eigenvalue weighted by molar-refractivity contribution is -0.385. The van der Waals surface area contributed by atoms with Crippen molar-refractivity contribution in [1.82, 2.24) is 19.6 Å². The molecule has 0 fully saturated rings. The van der Waals surface area contributed by atoms with Crippen molar-refractivity contribution in [2.45, 2.75) is 45.9 Å². The van der Waals surface area contributed by atoms with Crippen LogP contribution in [0.2, 0.25) is 0 Å². The number of amides is 1. The fourth-order valence-electron chi connectivity index (χ4n) is 3.28. The Morgan fingerprint density at radius 3 is 2.65 bits per heavy atom. The summed E-state index contributed by atoms with van der Waals surface area (Å²) < 4.78 is 46.4. The second-order valence-electron chi connectivity index (χ2n) is 7.34. The van der Waals surface area contributed by atoms with Gasteiger partial charge < -0.3 is 10.1 Å². The number of esters is 1. The average molecular weight is 480 g/mol. The SMILES string of the molecule is Cc1nc2ncnn2c(C)c1CCC(=O)OC(C)C(=O)Nc1ccc([N+](=O)[O-])cc1C(F)(F)F. The summed E-state index contributed by atoms with van der Waals surface area (Å²) in [5.74, 6) is -1.36. The lowest BCUT2D eigenvalue weighted by atomic mass is 10.1. The molecule has 2 aromatic heterocycles. The van der Waals surface area contributed by atoms with Gasteiger partial charge in [0.25, 0.3) is 17.4 Å². The van der Waals surface area contributed by atoms with E-state index >= 15 is 0 Å². The zero-order valence-electron chi connectivity index (χ0n) is 18.2. The number of carbonyl (C=O) groups is 2. The first kappa shape index (κ1) is 24.5. The number of alkyl halides is 3. The minimum Gasteiger partial charge on any atom is -0.453 e. The van der Waals surface area contributed by atoms with Crippen molar-refractivity contribution in [2.75, 3.05) is 5.32 Å². The Kier molecular flexibility index (Phi) is 6.79. The highest BCUT2D eigenvalue weighted by Crippen LogP contribution is 2.37. The van der Waals surface area contributed by atoms with Gasteiger partial charge in [0.15, 0.2) is 6.10 Å². The van der Waals surface area contributed by atoms with Crippen LogP contribution in [0.5, 0.6) is 0 Å². The van der Waals surface area contributed by atoms with E-state index in [4.69, 9.17) is 4.74 Å². The molecule has 0 radical (unpaired) electrons. The van der Waals surface area contributed by atoms with E-state index in [0.717, 1.165) is 23.4 Å². The van der Waals surface area contributed by atoms with Gasteiger partial charge in [-0.2, -0.15) is 23.3 Å². The molecule has 1 amide bonds. The highest BCUT2D eigenvalue weighted by Gasteiger charge is 2.36. The van der Waals surface area contributed by atoms with E-state index in [1.807, 2.05) is 5.32 Å². The normalized spacial score (nSPS) is 12.4. The number of hydrogen-bond acceptors (Lipinski definition) is 8. The first-order valence-electron chi connectivity index (χ1n) is 9.90. The third-order valence-corrected chi connectivity index (χ3v) is 5.02. The predicted molar refractivity (Wildman–Crippen MR) is 111 cm³/mol. The summed E-state index contributed by atoms with van der Waals surface area (Å²) in [6.45, 7) is 4.74. The molecule has 3 rings (SSSR count). The number of anilines is 1. The molecular formula is C20H19F3N6O5. The van der Waals surface area contributed by atoms with E-state index in [0.29, 0.717) is 17.5 Å². The molecule has 1 unspecified atom stereocenters. The molecule has 1 aromatic carbocycles. The van der Waals surface area contributed by atoms with Crippen molar-refractivity contribution in [2.24, 2.45) is 0 Å². The third-order valence-electron chi connectivity index (χ3n) is 5.02. The largest absolute Gasteiger partial charge is 0.453 e. The summed E-state index contributed by atoms with van der Waals surface area (Å²) in [5, 5.41) is 16.8. The Bertz CT molecular complexity index is 1270. The van der Waals surface area contributed by atoms with Crippen molar-refractivity contribution < 1.29 is 32.4 Å². The number of rotatable bonds is 7. The van der Waals surface area contributed by atoms with Gasteiger partial charge >= 0.3 is 12.1 Å². The summed E-state index contributed by atoms with van der Waals surface area (Å²) in [5.41, 5.74) is -0.743. The lowest BCUT2D eigenvalue weighted by Gasteiger charge is -2.17. The second-order valence-corrected chi connectivity index (χ2v) is 7.34. The highest BCUT2D eigenvalue weighted by atomic mass is 19.4. The zero-order chi connectivity index (χ0) is 25.2. The zero-order valence-corrected chi connectivity index (χ0v) is 18.2. The van der Waals surface area contributed by atoms with Crippen LogP contribution in [0.4, 0.5) is 24.5 Å². The molecule has 14 heteroatoms. The maximum atomic E-state index is 13.3. The number of hydrogen-bond donors (Lipinski definition) is 1. The van der Waals surface area contributed by atoms with Gasteiger partial charge in [0.1, 0.15) is 6.33 Å². The van der Waals surface area contributed by atoms with Crippen molar-refractivity contribution in [3.05, 3.63) is 57.2 Å². The van der Waals surface area contributed by atoms with Crippen LogP contribution in [0.1, 0.15) is 35.9 Å². The minimum absolute atomic E-state index is 0.119. The monoisotopic (exact) mass is 480 g/mol. The van der Waals surface area contributed by atoms with Gasteiger partial charge in [-0.25, -0.2) is 9.50 Å².